The van der Waals surface area contributed by atoms with Crippen LogP contribution in [0.4, 0.5) is 0 Å². The van der Waals surface area contributed by atoms with E-state index in [4.69, 9.17) is 18.9 Å². The van der Waals surface area contributed by atoms with Crippen LogP contribution in [-0.2, 0) is 18.9 Å². The first-order valence-electron chi connectivity index (χ1n) is 21.0. The molecule has 7 nitrogen and oxygen atoms in total. The van der Waals surface area contributed by atoms with Gasteiger partial charge in [-0.25, -0.2) is 0 Å². The molecule has 0 radical (unpaired) electrons. The van der Waals surface area contributed by atoms with Crippen LogP contribution in [0.15, 0.2) is 0 Å². The zero-order valence-corrected chi connectivity index (χ0v) is 37.3. The number of hydrogen-bond donors (Lipinski definition) is 0. The Kier molecular flexibility index (Phi) is 40.1. The van der Waals surface area contributed by atoms with Crippen LogP contribution in [-0.4, -0.2) is 124 Å². The molecule has 3 saturated heterocycles. The SMILES string of the molecule is CC(C)C.CC(C)C.CC(C)OC(C)C.CC(C)OC1CCN(C)CC1.CC(C)OCCN1CCCCC1.CC(C)OCCN1CCCCC1. The summed E-state index contributed by atoms with van der Waals surface area (Å²) in [6.45, 7) is 45.3. The third-order valence-electron chi connectivity index (χ3n) is 7.29. The van der Waals surface area contributed by atoms with Gasteiger partial charge in [0.25, 0.3) is 0 Å². The molecule has 0 N–H and O–H groups in total. The lowest BCUT2D eigenvalue weighted by Crippen LogP contribution is -2.35. The van der Waals surface area contributed by atoms with Crippen molar-refractivity contribution in [2.24, 2.45) is 11.8 Å². The zero-order chi connectivity index (χ0) is 38.9. The monoisotopic (exact) mass is 718 g/mol. The molecule has 0 atom stereocenters. The zero-order valence-electron chi connectivity index (χ0n) is 37.3. The lowest BCUT2D eigenvalue weighted by atomic mass is 10.1. The molecule has 3 aliphatic rings. The van der Waals surface area contributed by atoms with Gasteiger partial charge in [0.15, 0.2) is 0 Å². The number of likely N-dealkylation sites (tertiary alicyclic amines) is 3. The van der Waals surface area contributed by atoms with Gasteiger partial charge in [-0.05, 0) is 153 Å². The highest BCUT2D eigenvalue weighted by atomic mass is 16.5. The van der Waals surface area contributed by atoms with E-state index >= 15 is 0 Å². The summed E-state index contributed by atoms with van der Waals surface area (Å²) >= 11 is 0. The fourth-order valence-corrected chi connectivity index (χ4v) is 5.25. The summed E-state index contributed by atoms with van der Waals surface area (Å²) in [5, 5.41) is 0. The Bertz CT molecular complexity index is 593. The minimum absolute atomic E-state index is 0.375. The Morgan fingerprint density at radius 1 is 0.440 bits per heavy atom. The van der Waals surface area contributed by atoms with Crippen LogP contribution in [0, 0.1) is 11.8 Å². The normalized spacial score (nSPS) is 17.8. The van der Waals surface area contributed by atoms with E-state index in [2.05, 4.69) is 105 Å². The second kappa shape index (κ2) is 37.1. The average Bonchev–Trinajstić information content (AvgIpc) is 2.99. The van der Waals surface area contributed by atoms with Crippen molar-refractivity contribution in [1.82, 2.24) is 14.7 Å². The standard InChI is InChI=1S/2C10H21NO.C9H19NO.C6H14O.2C4H10/c2*1-10(2)12-9-8-11-6-4-3-5-7-11;1-8(2)11-9-4-6-10(3)7-5-9;1-5(2)7-6(3)4;2*1-4(2)3/h2*10H,3-9H2,1-2H3;8-9H,4-7H2,1-3H3;5-6H,1-4H3;2*4H,1-3H3. The summed E-state index contributed by atoms with van der Waals surface area (Å²) < 4.78 is 22.0. The lowest BCUT2D eigenvalue weighted by molar-refractivity contribution is -0.0232. The molecule has 3 fully saturated rings. The molecule has 0 aromatic rings. The van der Waals surface area contributed by atoms with E-state index in [1.165, 1.54) is 90.6 Å². The molecule has 0 amide bonds. The molecule has 0 aromatic heterocycles. The highest BCUT2D eigenvalue weighted by molar-refractivity contribution is 4.70. The van der Waals surface area contributed by atoms with Gasteiger partial charge in [0.1, 0.15) is 0 Å². The van der Waals surface area contributed by atoms with Crippen molar-refractivity contribution in [1.29, 1.82) is 0 Å². The molecule has 0 spiro atoms. The number of nitrogens with zero attached hydrogens (tertiary/aromatic N) is 3. The molecule has 3 rings (SSSR count). The maximum atomic E-state index is 5.71. The topological polar surface area (TPSA) is 46.6 Å². The molecular weight excluding hydrogens is 622 g/mol. The molecule has 0 aliphatic carbocycles. The summed E-state index contributed by atoms with van der Waals surface area (Å²) in [5.74, 6) is 1.67. The first-order chi connectivity index (χ1) is 23.3. The molecule has 0 unspecified atom stereocenters. The van der Waals surface area contributed by atoms with Crippen molar-refractivity contribution < 1.29 is 18.9 Å². The Balaban J connectivity index is -0.000000556. The molecule has 0 bridgehead atoms. The summed E-state index contributed by atoms with van der Waals surface area (Å²) in [4.78, 5) is 7.37. The Labute approximate surface area is 316 Å². The molecule has 50 heavy (non-hydrogen) atoms. The Morgan fingerprint density at radius 3 is 1.00 bits per heavy atom. The Morgan fingerprint density at radius 2 is 0.760 bits per heavy atom. The van der Waals surface area contributed by atoms with Gasteiger partial charge in [-0.15, -0.1) is 0 Å². The largest absolute Gasteiger partial charge is 0.377 e. The quantitative estimate of drug-likeness (QED) is 0.199. The van der Waals surface area contributed by atoms with Gasteiger partial charge in [-0.2, -0.15) is 0 Å². The second-order valence-corrected chi connectivity index (χ2v) is 17.0. The van der Waals surface area contributed by atoms with Crippen molar-refractivity contribution in [3.63, 3.8) is 0 Å². The van der Waals surface area contributed by atoms with Crippen LogP contribution < -0.4 is 0 Å². The van der Waals surface area contributed by atoms with Crippen LogP contribution in [0.1, 0.15) is 162 Å². The van der Waals surface area contributed by atoms with Gasteiger partial charge in [0, 0.05) is 26.2 Å². The summed E-state index contributed by atoms with van der Waals surface area (Å²) in [7, 11) is 2.17. The van der Waals surface area contributed by atoms with E-state index in [1.807, 2.05) is 27.7 Å². The van der Waals surface area contributed by atoms with Crippen LogP contribution in [0.25, 0.3) is 0 Å². The van der Waals surface area contributed by atoms with Crippen molar-refractivity contribution in [3.8, 4) is 0 Å². The first-order valence-corrected chi connectivity index (χ1v) is 21.0. The minimum Gasteiger partial charge on any atom is -0.377 e. The van der Waals surface area contributed by atoms with E-state index < -0.39 is 0 Å². The van der Waals surface area contributed by atoms with Crippen LogP contribution >= 0.6 is 0 Å². The number of ether oxygens (including phenoxy) is 4. The van der Waals surface area contributed by atoms with E-state index in [1.54, 1.807) is 0 Å². The smallest absolute Gasteiger partial charge is 0.0603 e. The van der Waals surface area contributed by atoms with E-state index in [0.29, 0.717) is 36.6 Å². The highest BCUT2D eigenvalue weighted by Gasteiger charge is 2.17. The summed E-state index contributed by atoms with van der Waals surface area (Å²) in [6, 6.07) is 0. The van der Waals surface area contributed by atoms with Crippen molar-refractivity contribution in [2.45, 2.75) is 199 Å². The molecule has 3 heterocycles. The molecular formula is C43H95N3O4. The fourth-order valence-electron chi connectivity index (χ4n) is 5.25. The molecule has 0 saturated carbocycles. The van der Waals surface area contributed by atoms with E-state index in [0.717, 1.165) is 38.1 Å². The van der Waals surface area contributed by atoms with Crippen molar-refractivity contribution in [3.05, 3.63) is 0 Å². The van der Waals surface area contributed by atoms with E-state index in [9.17, 15) is 0 Å². The van der Waals surface area contributed by atoms with Crippen LogP contribution in [0.3, 0.4) is 0 Å². The lowest BCUT2D eigenvalue weighted by Gasteiger charge is -2.30. The highest BCUT2D eigenvalue weighted by Crippen LogP contribution is 2.13. The molecule has 306 valence electrons. The predicted molar refractivity (Wildman–Crippen MR) is 222 cm³/mol. The van der Waals surface area contributed by atoms with Crippen LogP contribution in [0.5, 0.6) is 0 Å². The van der Waals surface area contributed by atoms with Gasteiger partial charge in [-0.3, -0.25) is 0 Å². The third-order valence-corrected chi connectivity index (χ3v) is 7.29. The summed E-state index contributed by atoms with van der Waals surface area (Å²) in [5.41, 5.74) is 0. The second-order valence-electron chi connectivity index (χ2n) is 17.0. The Hall–Kier alpha value is -0.280. The average molecular weight is 718 g/mol. The number of rotatable bonds is 12. The van der Waals surface area contributed by atoms with Gasteiger partial charge >= 0.3 is 0 Å². The van der Waals surface area contributed by atoms with Crippen molar-refractivity contribution >= 4 is 0 Å². The van der Waals surface area contributed by atoms with Crippen LogP contribution in [0.2, 0.25) is 0 Å². The maximum Gasteiger partial charge on any atom is 0.0603 e. The van der Waals surface area contributed by atoms with Crippen molar-refractivity contribution in [2.75, 3.05) is 72.6 Å². The van der Waals surface area contributed by atoms with Gasteiger partial charge in [0.05, 0.1) is 49.8 Å². The van der Waals surface area contributed by atoms with E-state index in [-0.39, 0.29) is 0 Å². The predicted octanol–water partition coefficient (Wildman–Crippen LogP) is 10.4. The molecule has 0 aromatic carbocycles. The third kappa shape index (κ3) is 49.8. The molecule has 7 heteroatoms. The van der Waals surface area contributed by atoms with Gasteiger partial charge in [0.2, 0.25) is 0 Å². The maximum absolute atomic E-state index is 5.71. The summed E-state index contributed by atoms with van der Waals surface area (Å²) in [6.07, 6.45) is 13.2. The molecule has 3 aliphatic heterocycles. The van der Waals surface area contributed by atoms with Gasteiger partial charge in [-0.1, -0.05) is 54.4 Å². The van der Waals surface area contributed by atoms with Gasteiger partial charge < -0.3 is 33.6 Å². The minimum atomic E-state index is 0.375. The fraction of sp³-hybridized carbons (Fsp3) is 1.00. The first kappa shape index (κ1) is 54.1. The number of piperidine rings is 3. The number of hydrogen-bond acceptors (Lipinski definition) is 7.